The molecule has 32 heavy (non-hydrogen) atoms. The highest BCUT2D eigenvalue weighted by Gasteiger charge is 2.13. The first-order chi connectivity index (χ1) is 15.8. The molecule has 0 bridgehead atoms. The van der Waals surface area contributed by atoms with E-state index in [1.807, 2.05) is 48.5 Å². The summed E-state index contributed by atoms with van der Waals surface area (Å²) in [6.45, 7) is 1.01. The lowest BCUT2D eigenvalue weighted by Crippen LogP contribution is -2.17. The molecule has 0 aliphatic heterocycles. The minimum absolute atomic E-state index is 0.490. The highest BCUT2D eigenvalue weighted by atomic mass is 32.1. The van der Waals surface area contributed by atoms with Gasteiger partial charge >= 0.3 is 0 Å². The average molecular weight is 440 g/mol. The van der Waals surface area contributed by atoms with Gasteiger partial charge in [-0.2, -0.15) is 5.10 Å². The normalized spacial score (nSPS) is 10.9. The molecule has 0 aliphatic rings. The summed E-state index contributed by atoms with van der Waals surface area (Å²) in [5.41, 5.74) is 6.52. The van der Waals surface area contributed by atoms with Gasteiger partial charge in [0.25, 0.3) is 0 Å². The van der Waals surface area contributed by atoms with E-state index in [-0.39, 0.29) is 0 Å². The zero-order chi connectivity index (χ0) is 21.8. The molecule has 5 rings (SSSR count). The number of pyridine rings is 1. The third-order valence-electron chi connectivity index (χ3n) is 5.26. The first-order valence-electron chi connectivity index (χ1n) is 10.3. The number of nitrogens with zero attached hydrogens (tertiary/aromatic N) is 3. The molecule has 5 aromatic rings. The van der Waals surface area contributed by atoms with Crippen LogP contribution in [0.25, 0.3) is 22.2 Å². The van der Waals surface area contributed by atoms with E-state index in [1.54, 1.807) is 17.1 Å². The van der Waals surface area contributed by atoms with Crippen LogP contribution in [-0.2, 0) is 13.2 Å². The van der Waals surface area contributed by atoms with E-state index in [4.69, 9.17) is 17.0 Å². The van der Waals surface area contributed by atoms with Crippen molar-refractivity contribution in [2.45, 2.75) is 13.2 Å². The summed E-state index contributed by atoms with van der Waals surface area (Å²) in [5.74, 6) is 1.53. The molecule has 0 saturated heterocycles. The van der Waals surface area contributed by atoms with Gasteiger partial charge in [0, 0.05) is 23.5 Å². The number of hydrogen-bond acceptors (Lipinski definition) is 5. The monoisotopic (exact) mass is 439 g/mol. The molecule has 7 heteroatoms. The second-order valence-electron chi connectivity index (χ2n) is 7.30. The lowest BCUT2D eigenvalue weighted by atomic mass is 10.0. The van der Waals surface area contributed by atoms with Gasteiger partial charge in [0.05, 0.1) is 6.54 Å². The Balaban J connectivity index is 1.47. The van der Waals surface area contributed by atoms with Gasteiger partial charge in [-0.1, -0.05) is 60.7 Å². The third kappa shape index (κ3) is 4.10. The van der Waals surface area contributed by atoms with Crippen molar-refractivity contribution in [3.8, 4) is 17.1 Å². The SMILES string of the molecule is S=c1[nH]nc(-c2ccncc2)n1NCc1c(OCc2ccccc2)ccc2ccccc12. The Morgan fingerprint density at radius 1 is 0.906 bits per heavy atom. The van der Waals surface area contributed by atoms with Crippen molar-refractivity contribution in [2.75, 3.05) is 5.43 Å². The van der Waals surface area contributed by atoms with Gasteiger partial charge in [0.2, 0.25) is 4.77 Å². The number of ether oxygens (including phenoxy) is 1. The summed E-state index contributed by atoms with van der Waals surface area (Å²) in [7, 11) is 0. The molecule has 0 fully saturated rings. The maximum Gasteiger partial charge on any atom is 0.214 e. The predicted molar refractivity (Wildman–Crippen MR) is 128 cm³/mol. The summed E-state index contributed by atoms with van der Waals surface area (Å²) in [6, 6.07) is 26.4. The van der Waals surface area contributed by atoms with Crippen LogP contribution >= 0.6 is 12.2 Å². The van der Waals surface area contributed by atoms with Gasteiger partial charge in [-0.15, -0.1) is 0 Å². The summed E-state index contributed by atoms with van der Waals surface area (Å²) < 4.78 is 8.51. The minimum atomic E-state index is 0.490. The molecular weight excluding hydrogens is 418 g/mol. The summed E-state index contributed by atoms with van der Waals surface area (Å²) >= 11 is 5.47. The molecular formula is C25H21N5OS. The van der Waals surface area contributed by atoms with Gasteiger partial charge < -0.3 is 10.2 Å². The number of benzene rings is 3. The van der Waals surface area contributed by atoms with Crippen molar-refractivity contribution in [3.63, 3.8) is 0 Å². The number of aromatic amines is 1. The quantitative estimate of drug-likeness (QED) is 0.329. The Hall–Kier alpha value is -3.97. The Morgan fingerprint density at radius 3 is 2.53 bits per heavy atom. The highest BCUT2D eigenvalue weighted by Crippen LogP contribution is 2.29. The summed E-state index contributed by atoms with van der Waals surface area (Å²) in [5, 5.41) is 9.54. The predicted octanol–water partition coefficient (Wildman–Crippen LogP) is 5.48. The number of H-pyrrole nitrogens is 1. The number of rotatable bonds is 7. The molecule has 2 aromatic heterocycles. The first-order valence-corrected chi connectivity index (χ1v) is 10.7. The minimum Gasteiger partial charge on any atom is -0.489 e. The van der Waals surface area contributed by atoms with E-state index in [0.29, 0.717) is 23.7 Å². The fourth-order valence-corrected chi connectivity index (χ4v) is 3.86. The van der Waals surface area contributed by atoms with Crippen LogP contribution < -0.4 is 10.2 Å². The van der Waals surface area contributed by atoms with Crippen LogP contribution in [-0.4, -0.2) is 19.9 Å². The van der Waals surface area contributed by atoms with Crippen LogP contribution in [0, 0.1) is 4.77 Å². The van der Waals surface area contributed by atoms with Crippen molar-refractivity contribution in [3.05, 3.63) is 107 Å². The van der Waals surface area contributed by atoms with Crippen molar-refractivity contribution in [2.24, 2.45) is 0 Å². The summed E-state index contributed by atoms with van der Waals surface area (Å²) in [4.78, 5) is 4.08. The number of fused-ring (bicyclic) bond motifs is 1. The maximum absolute atomic E-state index is 6.24. The number of aromatic nitrogens is 4. The van der Waals surface area contributed by atoms with Crippen molar-refractivity contribution in [1.29, 1.82) is 0 Å². The first kappa shape index (κ1) is 20.0. The van der Waals surface area contributed by atoms with Gasteiger partial charge in [-0.3, -0.25) is 4.98 Å². The molecule has 0 spiro atoms. The summed E-state index contributed by atoms with van der Waals surface area (Å²) in [6.07, 6.45) is 3.47. The van der Waals surface area contributed by atoms with Crippen LogP contribution in [0.15, 0.2) is 91.3 Å². The van der Waals surface area contributed by atoms with E-state index in [9.17, 15) is 0 Å². The van der Waals surface area contributed by atoms with Gasteiger partial charge in [0.15, 0.2) is 5.82 Å². The number of hydrogen-bond donors (Lipinski definition) is 2. The Labute approximate surface area is 190 Å². The van der Waals surface area contributed by atoms with E-state index in [0.717, 1.165) is 33.2 Å². The van der Waals surface area contributed by atoms with Crippen molar-refractivity contribution in [1.82, 2.24) is 19.9 Å². The number of nitrogens with one attached hydrogen (secondary N) is 2. The Kier molecular flexibility index (Phi) is 5.63. The van der Waals surface area contributed by atoms with Crippen molar-refractivity contribution < 1.29 is 4.74 Å². The highest BCUT2D eigenvalue weighted by molar-refractivity contribution is 7.71. The molecule has 0 atom stereocenters. The third-order valence-corrected chi connectivity index (χ3v) is 5.53. The largest absolute Gasteiger partial charge is 0.489 e. The second-order valence-corrected chi connectivity index (χ2v) is 7.68. The lowest BCUT2D eigenvalue weighted by molar-refractivity contribution is 0.303. The van der Waals surface area contributed by atoms with Crippen LogP contribution in [0.3, 0.4) is 0 Å². The molecule has 0 saturated carbocycles. The maximum atomic E-state index is 6.24. The molecule has 0 amide bonds. The van der Waals surface area contributed by atoms with E-state index >= 15 is 0 Å². The lowest BCUT2D eigenvalue weighted by Gasteiger charge is -2.17. The molecule has 0 aliphatic carbocycles. The molecule has 3 aromatic carbocycles. The van der Waals surface area contributed by atoms with Gasteiger partial charge in [0.1, 0.15) is 12.4 Å². The fraction of sp³-hybridized carbons (Fsp3) is 0.0800. The van der Waals surface area contributed by atoms with Crippen LogP contribution in [0.5, 0.6) is 5.75 Å². The topological polar surface area (TPSA) is 67.8 Å². The average Bonchev–Trinajstić information content (AvgIpc) is 3.23. The smallest absolute Gasteiger partial charge is 0.214 e. The van der Waals surface area contributed by atoms with Gasteiger partial charge in [-0.05, 0) is 46.8 Å². The second kappa shape index (κ2) is 9.03. The zero-order valence-electron chi connectivity index (χ0n) is 17.2. The molecule has 2 heterocycles. The zero-order valence-corrected chi connectivity index (χ0v) is 18.0. The molecule has 6 nitrogen and oxygen atoms in total. The van der Waals surface area contributed by atoms with Crippen LogP contribution in [0.4, 0.5) is 0 Å². The Morgan fingerprint density at radius 2 is 1.69 bits per heavy atom. The Bertz CT molecular complexity index is 1400. The molecule has 2 N–H and O–H groups in total. The van der Waals surface area contributed by atoms with Crippen LogP contribution in [0.2, 0.25) is 0 Å². The van der Waals surface area contributed by atoms with E-state index < -0.39 is 0 Å². The van der Waals surface area contributed by atoms with Crippen molar-refractivity contribution >= 4 is 23.0 Å². The standard InChI is InChI=1S/C25H21N5OS/c32-25-29-28-24(20-12-14-26-15-13-20)30(25)27-16-22-21-9-5-4-8-19(21)10-11-23(22)31-17-18-6-2-1-3-7-18/h1-15,27H,16-17H2,(H,29,32). The van der Waals surface area contributed by atoms with Crippen LogP contribution in [0.1, 0.15) is 11.1 Å². The van der Waals surface area contributed by atoms with E-state index in [1.165, 1.54) is 0 Å². The van der Waals surface area contributed by atoms with Gasteiger partial charge in [-0.25, -0.2) is 9.77 Å². The molecule has 0 unspecified atom stereocenters. The fourth-order valence-electron chi connectivity index (χ4n) is 3.67. The van der Waals surface area contributed by atoms with E-state index in [2.05, 4.69) is 50.9 Å². The molecule has 0 radical (unpaired) electrons. The molecule has 158 valence electrons.